The van der Waals surface area contributed by atoms with Crippen LogP contribution in [0.4, 0.5) is 10.5 Å². The summed E-state index contributed by atoms with van der Waals surface area (Å²) in [7, 11) is -2.61. The van der Waals surface area contributed by atoms with Gasteiger partial charge < -0.3 is 14.0 Å². The van der Waals surface area contributed by atoms with E-state index in [1.54, 1.807) is 37.3 Å². The molecular weight excluding hydrogens is 590 g/mol. The molecule has 1 aromatic heterocycles. The molecule has 6 rings (SSSR count). The Bertz CT molecular complexity index is 1840. The van der Waals surface area contributed by atoms with Gasteiger partial charge in [-0.15, -0.1) is 0 Å². The molecule has 9 nitrogen and oxygen atoms in total. The van der Waals surface area contributed by atoms with Crippen molar-refractivity contribution in [3.05, 3.63) is 89.1 Å². The Balaban J connectivity index is 1.26. The van der Waals surface area contributed by atoms with Gasteiger partial charge in [-0.05, 0) is 105 Å². The first-order valence-electron chi connectivity index (χ1n) is 15.6. The number of aromatic nitrogens is 1. The van der Waals surface area contributed by atoms with E-state index in [1.807, 2.05) is 18.2 Å². The molecule has 2 aliphatic carbocycles. The van der Waals surface area contributed by atoms with E-state index >= 15 is 0 Å². The molecule has 45 heavy (non-hydrogen) atoms. The fourth-order valence-corrected chi connectivity index (χ4v) is 7.89. The second-order valence-electron chi connectivity index (χ2n) is 12.1. The van der Waals surface area contributed by atoms with Crippen LogP contribution >= 0.6 is 0 Å². The summed E-state index contributed by atoms with van der Waals surface area (Å²) in [4.78, 5) is 25.8. The van der Waals surface area contributed by atoms with Gasteiger partial charge in [0.1, 0.15) is 11.9 Å². The minimum absolute atomic E-state index is 0.0182. The number of nitrogens with zero attached hydrogens (tertiary/aromatic N) is 1. The van der Waals surface area contributed by atoms with E-state index in [2.05, 4.69) is 26.9 Å². The molecule has 0 saturated heterocycles. The summed E-state index contributed by atoms with van der Waals surface area (Å²) < 4.78 is 41.6. The van der Waals surface area contributed by atoms with Crippen LogP contribution in [0.25, 0.3) is 10.9 Å². The quantitative estimate of drug-likeness (QED) is 0.201. The Hall–Kier alpha value is -4.31. The summed E-state index contributed by atoms with van der Waals surface area (Å²) in [5.41, 5.74) is 4.42. The number of nitrogens with one attached hydrogen (secondary N) is 2. The second-order valence-corrected chi connectivity index (χ2v) is 13.7. The molecule has 2 aliphatic rings. The summed E-state index contributed by atoms with van der Waals surface area (Å²) in [6.45, 7) is 1.68. The average molecular weight is 630 g/mol. The number of aryl methyl sites for hydroxylation is 1. The van der Waals surface area contributed by atoms with Crippen molar-refractivity contribution in [2.24, 2.45) is 0 Å². The molecule has 236 valence electrons. The third kappa shape index (κ3) is 6.71. The molecule has 0 atom stereocenters. The Labute approximate surface area is 264 Å². The minimum atomic E-state index is -4.07. The van der Waals surface area contributed by atoms with Gasteiger partial charge in [0, 0.05) is 28.8 Å². The molecule has 4 aromatic rings. The number of anilines is 1. The standard InChI is InChI=1S/C35H39N3O6S/c1-23-9-3-8-14-33(23)45(41,42)37-34(39)29-17-15-24(20-32(29)43-2)19-25-22-38(27-10-4-5-11-27)31-18-16-26(21-30(25)31)36-35(40)44-28-12-6-7-13-28/h3,8-9,14-18,20-22,27-28H,4-7,10-13,19H2,1-2H3,(H,36,40)(H,37,39). The first-order valence-corrected chi connectivity index (χ1v) is 17.1. The smallest absolute Gasteiger partial charge is 0.411 e. The molecule has 0 radical (unpaired) electrons. The number of carbonyl (C=O) groups excluding carboxylic acids is 2. The van der Waals surface area contributed by atoms with E-state index < -0.39 is 22.0 Å². The van der Waals surface area contributed by atoms with Crippen LogP contribution in [-0.2, 0) is 21.2 Å². The number of carbonyl (C=O) groups is 2. The fourth-order valence-electron chi connectivity index (χ4n) is 6.68. The zero-order chi connectivity index (χ0) is 31.6. The summed E-state index contributed by atoms with van der Waals surface area (Å²) in [5, 5.41) is 3.95. The monoisotopic (exact) mass is 629 g/mol. The number of ether oxygens (including phenoxy) is 2. The molecule has 2 saturated carbocycles. The van der Waals surface area contributed by atoms with Crippen molar-refractivity contribution in [2.75, 3.05) is 12.4 Å². The highest BCUT2D eigenvalue weighted by Crippen LogP contribution is 2.36. The first-order chi connectivity index (χ1) is 21.7. The summed E-state index contributed by atoms with van der Waals surface area (Å²) in [6.07, 6.45) is 10.9. The van der Waals surface area contributed by atoms with Crippen molar-refractivity contribution in [3.8, 4) is 5.75 Å². The van der Waals surface area contributed by atoms with E-state index in [-0.39, 0.29) is 22.3 Å². The van der Waals surface area contributed by atoms with Gasteiger partial charge in [-0.3, -0.25) is 10.1 Å². The van der Waals surface area contributed by atoms with E-state index in [4.69, 9.17) is 9.47 Å². The van der Waals surface area contributed by atoms with Crippen LogP contribution in [0.1, 0.15) is 84.5 Å². The lowest BCUT2D eigenvalue weighted by Crippen LogP contribution is -2.31. The molecule has 0 bridgehead atoms. The van der Waals surface area contributed by atoms with Crippen LogP contribution in [0.2, 0.25) is 0 Å². The van der Waals surface area contributed by atoms with Crippen LogP contribution < -0.4 is 14.8 Å². The molecule has 0 aliphatic heterocycles. The molecule has 1 heterocycles. The van der Waals surface area contributed by atoms with Crippen LogP contribution in [-0.4, -0.2) is 38.2 Å². The predicted molar refractivity (Wildman–Crippen MR) is 173 cm³/mol. The minimum Gasteiger partial charge on any atom is -0.496 e. The highest BCUT2D eigenvalue weighted by molar-refractivity contribution is 7.90. The van der Waals surface area contributed by atoms with E-state index in [1.165, 1.54) is 26.0 Å². The average Bonchev–Trinajstić information content (AvgIpc) is 3.79. The Morgan fingerprint density at radius 3 is 2.40 bits per heavy atom. The van der Waals surface area contributed by atoms with Crippen molar-refractivity contribution in [1.29, 1.82) is 0 Å². The Kier molecular flexibility index (Phi) is 8.85. The van der Waals surface area contributed by atoms with E-state index in [0.717, 1.165) is 60.6 Å². The van der Waals surface area contributed by atoms with Crippen LogP contribution in [0.15, 0.2) is 71.8 Å². The SMILES string of the molecule is COc1cc(Cc2cn(C3CCCC3)c3ccc(NC(=O)OC4CCCC4)cc23)ccc1C(=O)NS(=O)(=O)c1ccccc1C. The topological polar surface area (TPSA) is 116 Å². The van der Waals surface area contributed by atoms with Gasteiger partial charge in [-0.1, -0.05) is 37.1 Å². The predicted octanol–water partition coefficient (Wildman–Crippen LogP) is 7.27. The van der Waals surface area contributed by atoms with Gasteiger partial charge in [-0.25, -0.2) is 17.9 Å². The first kappa shape index (κ1) is 30.7. The molecular formula is C35H39N3O6S. The largest absolute Gasteiger partial charge is 0.496 e. The van der Waals surface area contributed by atoms with Gasteiger partial charge >= 0.3 is 6.09 Å². The maximum absolute atomic E-state index is 13.1. The Morgan fingerprint density at radius 2 is 1.67 bits per heavy atom. The summed E-state index contributed by atoms with van der Waals surface area (Å²) in [6, 6.07) is 18.1. The lowest BCUT2D eigenvalue weighted by Gasteiger charge is -2.14. The van der Waals surface area contributed by atoms with Crippen molar-refractivity contribution < 1.29 is 27.5 Å². The number of hydrogen-bond donors (Lipinski definition) is 2. The third-order valence-electron chi connectivity index (χ3n) is 8.97. The normalized spacial score (nSPS) is 15.8. The number of sulfonamides is 1. The Morgan fingerprint density at radius 1 is 0.933 bits per heavy atom. The maximum atomic E-state index is 13.1. The third-order valence-corrected chi connectivity index (χ3v) is 10.5. The van der Waals surface area contributed by atoms with Crippen molar-refractivity contribution >= 4 is 38.6 Å². The lowest BCUT2D eigenvalue weighted by atomic mass is 10.0. The summed E-state index contributed by atoms with van der Waals surface area (Å²) >= 11 is 0. The number of benzene rings is 3. The number of fused-ring (bicyclic) bond motifs is 1. The van der Waals surface area contributed by atoms with Crippen molar-refractivity contribution in [3.63, 3.8) is 0 Å². The molecule has 2 fully saturated rings. The number of rotatable bonds is 9. The van der Waals surface area contributed by atoms with Gasteiger partial charge in [0.15, 0.2) is 0 Å². The highest BCUT2D eigenvalue weighted by atomic mass is 32.2. The highest BCUT2D eigenvalue weighted by Gasteiger charge is 2.25. The molecule has 0 spiro atoms. The number of methoxy groups -OCH3 is 1. The molecule has 2 amide bonds. The van der Waals surface area contributed by atoms with Crippen LogP contribution in [0.3, 0.4) is 0 Å². The number of hydrogen-bond acceptors (Lipinski definition) is 6. The molecule has 0 unspecified atom stereocenters. The van der Waals surface area contributed by atoms with Crippen molar-refractivity contribution in [2.45, 2.75) is 81.8 Å². The lowest BCUT2D eigenvalue weighted by molar-refractivity contribution is 0.0978. The zero-order valence-corrected chi connectivity index (χ0v) is 26.5. The van der Waals surface area contributed by atoms with Crippen LogP contribution in [0.5, 0.6) is 5.75 Å². The van der Waals surface area contributed by atoms with E-state index in [0.29, 0.717) is 23.7 Å². The van der Waals surface area contributed by atoms with E-state index in [9.17, 15) is 18.0 Å². The fraction of sp³-hybridized carbons (Fsp3) is 0.371. The van der Waals surface area contributed by atoms with Gasteiger partial charge in [0.25, 0.3) is 15.9 Å². The molecule has 3 aromatic carbocycles. The molecule has 2 N–H and O–H groups in total. The second kappa shape index (κ2) is 13.0. The van der Waals surface area contributed by atoms with Gasteiger partial charge in [-0.2, -0.15) is 0 Å². The van der Waals surface area contributed by atoms with Crippen molar-refractivity contribution in [1.82, 2.24) is 9.29 Å². The maximum Gasteiger partial charge on any atom is 0.411 e. The van der Waals surface area contributed by atoms with Crippen LogP contribution in [0, 0.1) is 6.92 Å². The van der Waals surface area contributed by atoms with Gasteiger partial charge in [0.05, 0.1) is 17.6 Å². The molecule has 10 heteroatoms. The summed E-state index contributed by atoms with van der Waals surface area (Å²) in [5.74, 6) is -0.485. The zero-order valence-electron chi connectivity index (χ0n) is 25.7. The number of amides is 2. The van der Waals surface area contributed by atoms with Gasteiger partial charge in [0.2, 0.25) is 0 Å².